The van der Waals surface area contributed by atoms with Crippen molar-refractivity contribution in [1.29, 1.82) is 0 Å². The van der Waals surface area contributed by atoms with E-state index < -0.39 is 0 Å². The Morgan fingerprint density at radius 2 is 1.60 bits per heavy atom. The Morgan fingerprint density at radius 3 is 2.10 bits per heavy atom. The van der Waals surface area contributed by atoms with Gasteiger partial charge in [-0.15, -0.1) is 0 Å². The van der Waals surface area contributed by atoms with Crippen molar-refractivity contribution in [3.63, 3.8) is 0 Å². The lowest BCUT2D eigenvalue weighted by Crippen LogP contribution is -1.98. The predicted octanol–water partition coefficient (Wildman–Crippen LogP) is 2.20. The zero-order valence-electron chi connectivity index (χ0n) is 5.00. The molecule has 0 saturated carbocycles. The molecular formula is C4H6IN3P2. The van der Waals surface area contributed by atoms with E-state index in [1.165, 1.54) is 0 Å². The molecule has 0 amide bonds. The third-order valence-electron chi connectivity index (χ3n) is 1.03. The van der Waals surface area contributed by atoms with Crippen LogP contribution in [-0.4, -0.2) is 0 Å². The largest absolute Gasteiger partial charge is 0.396 e. The zero-order valence-corrected chi connectivity index (χ0v) is 8.95. The smallest absolute Gasteiger partial charge is 0.0892 e. The summed E-state index contributed by atoms with van der Waals surface area (Å²) in [5, 5.41) is 0. The number of hydrogen-bond donors (Lipinski definition) is 3. The minimum absolute atomic E-state index is 0.546. The molecule has 1 rings (SSSR count). The minimum atomic E-state index is 0.546. The predicted molar refractivity (Wildman–Crippen MR) is 57.4 cm³/mol. The summed E-state index contributed by atoms with van der Waals surface area (Å²) in [5.74, 6) is 0. The molecule has 0 unspecified atom stereocenters. The molecule has 6 N–H and O–H groups in total. The van der Waals surface area contributed by atoms with Crippen molar-refractivity contribution in [2.45, 2.75) is 0 Å². The monoisotopic (exact) mass is 285 g/mol. The second kappa shape index (κ2) is 3.07. The molecule has 10 heavy (non-hydrogen) atoms. The summed E-state index contributed by atoms with van der Waals surface area (Å²) in [7, 11) is 2.17. The number of nitrogens with two attached hydrogens (primary N) is 3. The number of rotatable bonds is 0. The van der Waals surface area contributed by atoms with Crippen LogP contribution < -0.4 is 17.2 Å². The molecule has 0 aliphatic carbocycles. The fourth-order valence-electron chi connectivity index (χ4n) is 0.455. The summed E-state index contributed by atoms with van der Waals surface area (Å²) < 4.78 is 1.07. The SMILES string of the molecule is Nc1ppc(I)c(N)c1N. The Balaban J connectivity index is 3.34. The molecule has 1 aromatic heterocycles. The number of halogens is 1. The Morgan fingerprint density at radius 1 is 1.00 bits per heavy atom. The first-order valence-electron chi connectivity index (χ1n) is 2.45. The van der Waals surface area contributed by atoms with Crippen LogP contribution in [0, 0.1) is 3.30 Å². The Bertz CT molecular complexity index is 238. The van der Waals surface area contributed by atoms with Crippen LogP contribution in [-0.2, 0) is 0 Å². The van der Waals surface area contributed by atoms with Crippen molar-refractivity contribution in [3.05, 3.63) is 3.30 Å². The summed E-state index contributed by atoms with van der Waals surface area (Å²) in [4.78, 5) is 0. The summed E-state index contributed by atoms with van der Waals surface area (Å²) in [6.07, 6.45) is 0. The van der Waals surface area contributed by atoms with Crippen LogP contribution in [0.5, 0.6) is 0 Å². The van der Waals surface area contributed by atoms with Gasteiger partial charge in [0.2, 0.25) is 0 Å². The van der Waals surface area contributed by atoms with Crippen LogP contribution in [0.1, 0.15) is 0 Å². The molecule has 0 spiro atoms. The van der Waals surface area contributed by atoms with Gasteiger partial charge in [-0.3, -0.25) is 0 Å². The highest BCUT2D eigenvalue weighted by molar-refractivity contribution is 14.1. The molecule has 0 radical (unpaired) electrons. The topological polar surface area (TPSA) is 78.1 Å². The fourth-order valence-corrected chi connectivity index (χ4v) is 3.60. The van der Waals surface area contributed by atoms with E-state index in [1.807, 2.05) is 0 Å². The van der Waals surface area contributed by atoms with Gasteiger partial charge in [-0.05, 0) is 38.3 Å². The Labute approximate surface area is 75.6 Å². The molecule has 0 aromatic carbocycles. The van der Waals surface area contributed by atoms with E-state index in [4.69, 9.17) is 17.2 Å². The highest BCUT2D eigenvalue weighted by atomic mass is 127. The molecular weight excluding hydrogens is 279 g/mol. The van der Waals surface area contributed by atoms with Gasteiger partial charge in [-0.2, -0.15) is 0 Å². The Kier molecular flexibility index (Phi) is 2.55. The lowest BCUT2D eigenvalue weighted by atomic mass is 10.4. The first kappa shape index (κ1) is 8.31. The summed E-state index contributed by atoms with van der Waals surface area (Å²) in [6.45, 7) is 0. The van der Waals surface area contributed by atoms with Gasteiger partial charge < -0.3 is 17.2 Å². The number of anilines is 3. The van der Waals surface area contributed by atoms with Crippen LogP contribution in [0.4, 0.5) is 16.8 Å². The molecule has 1 aromatic rings. The van der Waals surface area contributed by atoms with E-state index in [9.17, 15) is 0 Å². The van der Waals surface area contributed by atoms with E-state index in [0.717, 1.165) is 19.0 Å². The van der Waals surface area contributed by atoms with Crippen LogP contribution in [0.15, 0.2) is 0 Å². The minimum Gasteiger partial charge on any atom is -0.396 e. The zero-order chi connectivity index (χ0) is 7.72. The van der Waals surface area contributed by atoms with Crippen molar-refractivity contribution in [1.82, 2.24) is 0 Å². The van der Waals surface area contributed by atoms with Crippen molar-refractivity contribution >= 4 is 55.1 Å². The van der Waals surface area contributed by atoms with E-state index in [-0.39, 0.29) is 0 Å². The van der Waals surface area contributed by atoms with E-state index in [0.29, 0.717) is 16.8 Å². The lowest BCUT2D eigenvalue weighted by Gasteiger charge is -2.02. The summed E-state index contributed by atoms with van der Waals surface area (Å²) >= 11 is 2.17. The van der Waals surface area contributed by atoms with E-state index >= 15 is 0 Å². The van der Waals surface area contributed by atoms with Crippen molar-refractivity contribution < 1.29 is 0 Å². The molecule has 6 heteroatoms. The van der Waals surface area contributed by atoms with Gasteiger partial charge in [0, 0.05) is 0 Å². The molecule has 0 atom stereocenters. The normalized spacial score (nSPS) is 11.3. The van der Waals surface area contributed by atoms with Gasteiger partial charge in [-0.1, -0.05) is 0 Å². The van der Waals surface area contributed by atoms with Gasteiger partial charge in [0.1, 0.15) is 0 Å². The standard InChI is InChI=1S/C4H6IN3P2/c5-3-1(6)2(7)4(8)10-9-3/h6-8H2. The molecule has 0 saturated heterocycles. The van der Waals surface area contributed by atoms with Gasteiger partial charge in [0.05, 0.1) is 20.1 Å². The third-order valence-corrected chi connectivity index (χ3v) is 6.00. The molecule has 1 heterocycles. The second-order valence-electron chi connectivity index (χ2n) is 1.70. The first-order chi connectivity index (χ1) is 4.63. The Hall–Kier alpha value is 0.210. The number of hydrogen-bond acceptors (Lipinski definition) is 3. The molecule has 54 valence electrons. The van der Waals surface area contributed by atoms with Crippen molar-refractivity contribution in [2.24, 2.45) is 0 Å². The van der Waals surface area contributed by atoms with Gasteiger partial charge in [0.25, 0.3) is 0 Å². The van der Waals surface area contributed by atoms with Crippen LogP contribution in [0.2, 0.25) is 0 Å². The molecule has 0 bridgehead atoms. The van der Waals surface area contributed by atoms with Gasteiger partial charge in [-0.25, -0.2) is 0 Å². The van der Waals surface area contributed by atoms with Crippen LogP contribution in [0.3, 0.4) is 0 Å². The van der Waals surface area contributed by atoms with Gasteiger partial charge >= 0.3 is 0 Å². The lowest BCUT2D eigenvalue weighted by molar-refractivity contribution is 1.75. The van der Waals surface area contributed by atoms with Crippen LogP contribution >= 0.6 is 38.3 Å². The highest BCUT2D eigenvalue weighted by Crippen LogP contribution is 2.42. The maximum absolute atomic E-state index is 5.61. The maximum atomic E-state index is 5.61. The maximum Gasteiger partial charge on any atom is 0.0892 e. The van der Waals surface area contributed by atoms with E-state index in [2.05, 4.69) is 22.6 Å². The van der Waals surface area contributed by atoms with Crippen LogP contribution in [0.25, 0.3) is 0 Å². The third kappa shape index (κ3) is 1.44. The second-order valence-corrected chi connectivity index (χ2v) is 6.16. The fraction of sp³-hybridized carbons (Fsp3) is 0. The van der Waals surface area contributed by atoms with Gasteiger partial charge in [0.15, 0.2) is 0 Å². The number of nitrogen functional groups attached to an aromatic ring is 3. The first-order valence-corrected chi connectivity index (χ1v) is 6.03. The quantitative estimate of drug-likeness (QED) is 0.639. The summed E-state index contributed by atoms with van der Waals surface area (Å²) in [6, 6.07) is 0. The van der Waals surface area contributed by atoms with Crippen molar-refractivity contribution in [2.75, 3.05) is 17.2 Å². The molecule has 0 fully saturated rings. The summed E-state index contributed by atoms with van der Waals surface area (Å²) in [5.41, 5.74) is 18.6. The molecule has 3 nitrogen and oxygen atoms in total. The van der Waals surface area contributed by atoms with Crippen molar-refractivity contribution in [3.8, 4) is 0 Å². The van der Waals surface area contributed by atoms with E-state index in [1.54, 1.807) is 0 Å². The average molecular weight is 285 g/mol. The average Bonchev–Trinajstić information content (AvgIpc) is 1.93. The highest BCUT2D eigenvalue weighted by Gasteiger charge is 2.02. The molecule has 0 aliphatic heterocycles. The molecule has 0 aliphatic rings.